The first-order valence-corrected chi connectivity index (χ1v) is 10.4. The number of nitrogens with zero attached hydrogens (tertiary/aromatic N) is 1. The SMILES string of the molecule is Cc1ccc(NC(=O)C(=O)N/N=C\c2ccccc2OCc2ccc(Br)cc2)c(C)c1. The highest BCUT2D eigenvalue weighted by Crippen LogP contribution is 2.19. The fourth-order valence-corrected chi connectivity index (χ4v) is 3.07. The minimum Gasteiger partial charge on any atom is -0.488 e. The number of aryl methyl sites for hydroxylation is 2. The molecule has 0 aliphatic carbocycles. The van der Waals surface area contributed by atoms with Gasteiger partial charge in [-0.2, -0.15) is 5.10 Å². The molecule has 0 aliphatic heterocycles. The zero-order valence-electron chi connectivity index (χ0n) is 17.2. The van der Waals surface area contributed by atoms with Gasteiger partial charge in [-0.1, -0.05) is 57.9 Å². The van der Waals surface area contributed by atoms with Gasteiger partial charge in [0.25, 0.3) is 0 Å². The topological polar surface area (TPSA) is 79.8 Å². The van der Waals surface area contributed by atoms with E-state index in [9.17, 15) is 9.59 Å². The molecule has 0 saturated carbocycles. The fourth-order valence-electron chi connectivity index (χ4n) is 2.80. The number of hydrogen-bond acceptors (Lipinski definition) is 4. The van der Waals surface area contributed by atoms with Crippen LogP contribution in [0.25, 0.3) is 0 Å². The third-order valence-electron chi connectivity index (χ3n) is 4.43. The van der Waals surface area contributed by atoms with Crippen molar-refractivity contribution in [3.05, 3.63) is 93.5 Å². The van der Waals surface area contributed by atoms with Crippen LogP contribution in [0.15, 0.2) is 76.3 Å². The molecule has 0 heterocycles. The van der Waals surface area contributed by atoms with E-state index in [1.165, 1.54) is 6.21 Å². The summed E-state index contributed by atoms with van der Waals surface area (Å²) in [7, 11) is 0. The predicted octanol–water partition coefficient (Wildman–Crippen LogP) is 4.73. The van der Waals surface area contributed by atoms with Crippen LogP contribution in [0, 0.1) is 13.8 Å². The van der Waals surface area contributed by atoms with Gasteiger partial charge < -0.3 is 10.1 Å². The second-order valence-corrected chi connectivity index (χ2v) is 7.84. The number of amides is 2. The van der Waals surface area contributed by atoms with Gasteiger partial charge in [0.15, 0.2) is 0 Å². The minimum absolute atomic E-state index is 0.392. The summed E-state index contributed by atoms with van der Waals surface area (Å²) in [5.41, 5.74) is 6.48. The maximum absolute atomic E-state index is 12.1. The van der Waals surface area contributed by atoms with E-state index in [-0.39, 0.29) is 0 Å². The molecule has 2 N–H and O–H groups in total. The summed E-state index contributed by atoms with van der Waals surface area (Å²) >= 11 is 3.41. The van der Waals surface area contributed by atoms with Gasteiger partial charge in [-0.25, -0.2) is 5.43 Å². The van der Waals surface area contributed by atoms with E-state index in [4.69, 9.17) is 4.74 Å². The summed E-state index contributed by atoms with van der Waals surface area (Å²) in [5.74, 6) is -1.03. The van der Waals surface area contributed by atoms with Crippen molar-refractivity contribution in [2.75, 3.05) is 5.32 Å². The van der Waals surface area contributed by atoms with Gasteiger partial charge >= 0.3 is 11.8 Å². The van der Waals surface area contributed by atoms with E-state index >= 15 is 0 Å². The third kappa shape index (κ3) is 6.52. The van der Waals surface area contributed by atoms with Gasteiger partial charge in [-0.05, 0) is 55.3 Å². The molecule has 0 atom stereocenters. The molecule has 0 radical (unpaired) electrons. The van der Waals surface area contributed by atoms with Crippen LogP contribution < -0.4 is 15.5 Å². The van der Waals surface area contributed by atoms with Crippen LogP contribution in [0.2, 0.25) is 0 Å². The molecule has 31 heavy (non-hydrogen) atoms. The van der Waals surface area contributed by atoms with Gasteiger partial charge in [0.05, 0.1) is 6.21 Å². The van der Waals surface area contributed by atoms with Gasteiger partial charge in [0.1, 0.15) is 12.4 Å². The van der Waals surface area contributed by atoms with Crippen LogP contribution >= 0.6 is 15.9 Å². The zero-order valence-corrected chi connectivity index (χ0v) is 18.8. The average Bonchev–Trinajstić information content (AvgIpc) is 2.76. The van der Waals surface area contributed by atoms with Crippen molar-refractivity contribution < 1.29 is 14.3 Å². The van der Waals surface area contributed by atoms with E-state index in [1.54, 1.807) is 6.07 Å². The molecule has 7 heteroatoms. The highest BCUT2D eigenvalue weighted by atomic mass is 79.9. The summed E-state index contributed by atoms with van der Waals surface area (Å²) in [4.78, 5) is 24.2. The molecule has 3 aromatic carbocycles. The molecule has 6 nitrogen and oxygen atoms in total. The van der Waals surface area contributed by atoms with E-state index < -0.39 is 11.8 Å². The summed E-state index contributed by atoms with van der Waals surface area (Å²) in [6.45, 7) is 4.22. The monoisotopic (exact) mass is 479 g/mol. The Morgan fingerprint density at radius 2 is 1.74 bits per heavy atom. The maximum atomic E-state index is 12.1. The van der Waals surface area contributed by atoms with Crippen molar-refractivity contribution in [1.29, 1.82) is 0 Å². The normalized spacial score (nSPS) is 10.7. The Bertz CT molecular complexity index is 1110. The molecule has 0 bridgehead atoms. The van der Waals surface area contributed by atoms with Crippen LogP contribution in [0.3, 0.4) is 0 Å². The number of para-hydroxylation sites is 1. The Labute approximate surface area is 189 Å². The van der Waals surface area contributed by atoms with Crippen LogP contribution in [-0.4, -0.2) is 18.0 Å². The second-order valence-electron chi connectivity index (χ2n) is 6.92. The highest BCUT2D eigenvalue weighted by molar-refractivity contribution is 9.10. The lowest BCUT2D eigenvalue weighted by atomic mass is 10.1. The predicted molar refractivity (Wildman–Crippen MR) is 125 cm³/mol. The van der Waals surface area contributed by atoms with Crippen molar-refractivity contribution in [3.8, 4) is 5.75 Å². The number of rotatable bonds is 6. The van der Waals surface area contributed by atoms with Crippen LogP contribution in [0.1, 0.15) is 22.3 Å². The highest BCUT2D eigenvalue weighted by Gasteiger charge is 2.14. The number of anilines is 1. The number of ether oxygens (including phenoxy) is 1. The lowest BCUT2D eigenvalue weighted by Crippen LogP contribution is -2.32. The van der Waals surface area contributed by atoms with Gasteiger partial charge in [0, 0.05) is 15.7 Å². The number of carbonyl (C=O) groups is 2. The third-order valence-corrected chi connectivity index (χ3v) is 4.96. The van der Waals surface area contributed by atoms with Crippen molar-refractivity contribution in [2.24, 2.45) is 5.10 Å². The average molecular weight is 480 g/mol. The Morgan fingerprint density at radius 1 is 1.00 bits per heavy atom. The molecule has 0 unspecified atom stereocenters. The Kier molecular flexibility index (Phi) is 7.56. The van der Waals surface area contributed by atoms with Crippen molar-refractivity contribution in [1.82, 2.24) is 5.43 Å². The first-order valence-electron chi connectivity index (χ1n) is 9.60. The molecule has 3 rings (SSSR count). The molecule has 158 valence electrons. The standard InChI is InChI=1S/C24H22BrN3O3/c1-16-7-12-21(17(2)13-16)27-23(29)24(30)28-26-14-19-5-3-4-6-22(19)31-15-18-8-10-20(25)11-9-18/h3-14H,15H2,1-2H3,(H,27,29)(H,28,30)/b26-14-. The minimum atomic E-state index is -0.857. The first-order chi connectivity index (χ1) is 14.9. The zero-order chi connectivity index (χ0) is 22.2. The quantitative estimate of drug-likeness (QED) is 0.304. The fraction of sp³-hybridized carbons (Fsp3) is 0.125. The van der Waals surface area contributed by atoms with Gasteiger partial charge in [-0.3, -0.25) is 9.59 Å². The van der Waals surface area contributed by atoms with Crippen molar-refractivity contribution in [2.45, 2.75) is 20.5 Å². The van der Waals surface area contributed by atoms with E-state index in [0.717, 1.165) is 21.2 Å². The number of hydrazone groups is 1. The van der Waals surface area contributed by atoms with Gasteiger partial charge in [0.2, 0.25) is 0 Å². The smallest absolute Gasteiger partial charge is 0.329 e. The number of hydrogen-bond donors (Lipinski definition) is 2. The number of carbonyl (C=O) groups excluding carboxylic acids is 2. The summed E-state index contributed by atoms with van der Waals surface area (Å²) in [5, 5.41) is 6.48. The number of nitrogens with one attached hydrogen (secondary N) is 2. The van der Waals surface area contributed by atoms with Crippen molar-refractivity contribution >= 4 is 39.6 Å². The Balaban J connectivity index is 1.58. The summed E-state index contributed by atoms with van der Waals surface area (Å²) in [6.07, 6.45) is 1.44. The van der Waals surface area contributed by atoms with Crippen LogP contribution in [0.5, 0.6) is 5.75 Å². The lowest BCUT2D eigenvalue weighted by molar-refractivity contribution is -0.136. The van der Waals surface area contributed by atoms with Gasteiger partial charge in [-0.15, -0.1) is 0 Å². The van der Waals surface area contributed by atoms with E-state index in [1.807, 2.05) is 74.5 Å². The molecule has 0 aliphatic rings. The van der Waals surface area contributed by atoms with Crippen LogP contribution in [0.4, 0.5) is 5.69 Å². The second kappa shape index (κ2) is 10.5. The summed E-state index contributed by atoms with van der Waals surface area (Å²) < 4.78 is 6.87. The largest absolute Gasteiger partial charge is 0.488 e. The Hall–Kier alpha value is -3.45. The molecule has 0 saturated heterocycles. The lowest BCUT2D eigenvalue weighted by Gasteiger charge is -2.09. The molecule has 0 fully saturated rings. The first kappa shape index (κ1) is 22.2. The molecule has 2 amide bonds. The molecule has 0 aromatic heterocycles. The maximum Gasteiger partial charge on any atom is 0.329 e. The molecule has 3 aromatic rings. The Morgan fingerprint density at radius 3 is 2.48 bits per heavy atom. The van der Waals surface area contributed by atoms with Crippen LogP contribution in [-0.2, 0) is 16.2 Å². The number of halogens is 1. The molecule has 0 spiro atoms. The molecular weight excluding hydrogens is 458 g/mol. The van der Waals surface area contributed by atoms with E-state index in [2.05, 4.69) is 31.8 Å². The summed E-state index contributed by atoms with van der Waals surface area (Å²) in [6, 6.07) is 20.7. The van der Waals surface area contributed by atoms with Crippen molar-refractivity contribution in [3.63, 3.8) is 0 Å². The van der Waals surface area contributed by atoms with E-state index in [0.29, 0.717) is 23.6 Å². The molecular formula is C24H22BrN3O3. The number of benzene rings is 3.